The molecule has 0 atom stereocenters. The van der Waals surface area contributed by atoms with Gasteiger partial charge >= 0.3 is 5.97 Å². The summed E-state index contributed by atoms with van der Waals surface area (Å²) < 4.78 is 0. The van der Waals surface area contributed by atoms with Gasteiger partial charge in [0.05, 0.1) is 0 Å². The van der Waals surface area contributed by atoms with E-state index in [1.165, 1.54) is 0 Å². The van der Waals surface area contributed by atoms with Crippen LogP contribution in [0.25, 0.3) is 0 Å². The van der Waals surface area contributed by atoms with Gasteiger partial charge in [-0.05, 0) is 18.3 Å². The lowest BCUT2D eigenvalue weighted by Crippen LogP contribution is -2.29. The lowest BCUT2D eigenvalue weighted by Gasteiger charge is -2.23. The maximum absolute atomic E-state index is 11.6. The summed E-state index contributed by atoms with van der Waals surface area (Å²) in [4.78, 5) is 25.8. The molecule has 5 N–H and O–H groups in total. The molecule has 0 radical (unpaired) electrons. The largest absolute Gasteiger partial charge is 0.481 e. The Labute approximate surface area is 110 Å². The van der Waals surface area contributed by atoms with Gasteiger partial charge in [-0.1, -0.05) is 13.8 Å². The van der Waals surface area contributed by atoms with Crippen LogP contribution in [0.1, 0.15) is 43.7 Å². The number of carbonyl (C=O) groups is 2. The van der Waals surface area contributed by atoms with Crippen molar-refractivity contribution in [1.29, 1.82) is 0 Å². The minimum atomic E-state index is -0.811. The fraction of sp³-hybridized carbons (Fsp3) is 0.636. The summed E-state index contributed by atoms with van der Waals surface area (Å²) in [5.41, 5.74) is 5.15. The van der Waals surface area contributed by atoms with Gasteiger partial charge in [0.2, 0.25) is 11.8 Å². The number of aromatic nitrogens is 3. The van der Waals surface area contributed by atoms with Crippen molar-refractivity contribution in [2.45, 2.75) is 33.1 Å². The first-order valence-corrected chi connectivity index (χ1v) is 5.98. The van der Waals surface area contributed by atoms with Gasteiger partial charge in [0, 0.05) is 13.0 Å². The van der Waals surface area contributed by atoms with Gasteiger partial charge in [0.15, 0.2) is 0 Å². The fourth-order valence-electron chi connectivity index (χ4n) is 1.54. The van der Waals surface area contributed by atoms with Crippen molar-refractivity contribution in [2.24, 2.45) is 5.41 Å². The Hall–Kier alpha value is -2.12. The van der Waals surface area contributed by atoms with Crippen LogP contribution in [0.2, 0.25) is 0 Å². The third kappa shape index (κ3) is 5.36. The second-order valence-electron chi connectivity index (χ2n) is 5.11. The number of nitrogens with zero attached hydrogens (tertiary/aromatic N) is 2. The number of anilines is 1. The van der Waals surface area contributed by atoms with Gasteiger partial charge in [0.25, 0.3) is 5.91 Å². The highest BCUT2D eigenvalue weighted by Gasteiger charge is 2.19. The fourth-order valence-corrected chi connectivity index (χ4v) is 1.54. The number of carbonyl (C=O) groups excluding carboxylic acids is 1. The summed E-state index contributed by atoms with van der Waals surface area (Å²) in [6.07, 6.45) is 1.36. The van der Waals surface area contributed by atoms with Gasteiger partial charge in [-0.3, -0.25) is 14.7 Å². The van der Waals surface area contributed by atoms with Crippen LogP contribution in [-0.2, 0) is 4.79 Å². The van der Waals surface area contributed by atoms with E-state index < -0.39 is 5.97 Å². The number of carboxylic acids is 1. The minimum Gasteiger partial charge on any atom is -0.481 e. The van der Waals surface area contributed by atoms with Crippen molar-refractivity contribution in [3.05, 3.63) is 5.82 Å². The standard InChI is InChI=1S/C11H19N5O3/c1-11(2,4-3-7(17)18)5-6-13-9(19)8-14-10(12)16-15-8/h3-6H2,1-2H3,(H,13,19)(H,17,18)(H3,12,14,15,16). The summed E-state index contributed by atoms with van der Waals surface area (Å²) in [5, 5.41) is 17.3. The van der Waals surface area contributed by atoms with Crippen molar-refractivity contribution >= 4 is 17.8 Å². The normalized spacial score (nSPS) is 11.3. The molecule has 0 spiro atoms. The molecular formula is C11H19N5O3. The van der Waals surface area contributed by atoms with Crippen LogP contribution in [0.5, 0.6) is 0 Å². The molecule has 0 saturated carbocycles. The Morgan fingerprint density at radius 1 is 1.42 bits per heavy atom. The number of rotatable bonds is 7. The predicted molar refractivity (Wildman–Crippen MR) is 68.4 cm³/mol. The van der Waals surface area contributed by atoms with E-state index in [2.05, 4.69) is 20.5 Å². The van der Waals surface area contributed by atoms with Crippen molar-refractivity contribution in [1.82, 2.24) is 20.5 Å². The summed E-state index contributed by atoms with van der Waals surface area (Å²) in [6, 6.07) is 0. The van der Waals surface area contributed by atoms with Gasteiger partial charge in [-0.15, -0.1) is 5.10 Å². The smallest absolute Gasteiger partial charge is 0.303 e. The van der Waals surface area contributed by atoms with Crippen LogP contribution in [0.3, 0.4) is 0 Å². The molecule has 0 saturated heterocycles. The number of hydrogen-bond acceptors (Lipinski definition) is 5. The Bertz CT molecular complexity index is 455. The Morgan fingerprint density at radius 3 is 2.63 bits per heavy atom. The molecule has 1 amide bonds. The molecule has 19 heavy (non-hydrogen) atoms. The molecule has 0 fully saturated rings. The number of aromatic amines is 1. The SMILES string of the molecule is CC(C)(CCNC(=O)c1nc(N)n[nH]1)CCC(=O)O. The summed E-state index contributed by atoms with van der Waals surface area (Å²) in [6.45, 7) is 4.37. The Kier molecular flexibility index (Phi) is 4.85. The molecule has 0 aliphatic rings. The van der Waals surface area contributed by atoms with Crippen LogP contribution >= 0.6 is 0 Å². The van der Waals surface area contributed by atoms with Crippen LogP contribution in [0, 0.1) is 5.41 Å². The average Bonchev–Trinajstić information content (AvgIpc) is 2.73. The number of hydrogen-bond donors (Lipinski definition) is 4. The summed E-state index contributed by atoms with van der Waals surface area (Å²) in [5.74, 6) is -1.10. The maximum atomic E-state index is 11.6. The van der Waals surface area contributed by atoms with Gasteiger partial charge in [-0.2, -0.15) is 4.98 Å². The topological polar surface area (TPSA) is 134 Å². The monoisotopic (exact) mass is 269 g/mol. The molecule has 8 heteroatoms. The zero-order chi connectivity index (χ0) is 14.5. The predicted octanol–water partition coefficient (Wildman–Crippen LogP) is 0.398. The molecule has 1 aromatic heterocycles. The number of amides is 1. The number of carboxylic acid groups (broad SMARTS) is 1. The van der Waals surface area contributed by atoms with E-state index in [1.54, 1.807) is 0 Å². The van der Waals surface area contributed by atoms with Crippen LogP contribution in [-0.4, -0.2) is 38.7 Å². The van der Waals surface area contributed by atoms with E-state index >= 15 is 0 Å². The third-order valence-electron chi connectivity index (χ3n) is 2.82. The van der Waals surface area contributed by atoms with Crippen LogP contribution < -0.4 is 11.1 Å². The van der Waals surface area contributed by atoms with E-state index in [1.807, 2.05) is 13.8 Å². The summed E-state index contributed by atoms with van der Waals surface area (Å²) in [7, 11) is 0. The summed E-state index contributed by atoms with van der Waals surface area (Å²) >= 11 is 0. The third-order valence-corrected chi connectivity index (χ3v) is 2.82. The van der Waals surface area contributed by atoms with Crippen LogP contribution in [0.15, 0.2) is 0 Å². The number of aliphatic carboxylic acids is 1. The highest BCUT2D eigenvalue weighted by Crippen LogP contribution is 2.25. The van der Waals surface area contributed by atoms with Crippen molar-refractivity contribution < 1.29 is 14.7 Å². The molecule has 0 aliphatic carbocycles. The second kappa shape index (κ2) is 6.17. The lowest BCUT2D eigenvalue weighted by atomic mass is 9.84. The average molecular weight is 269 g/mol. The first kappa shape index (κ1) is 14.9. The number of nitrogens with one attached hydrogen (secondary N) is 2. The molecule has 106 valence electrons. The molecule has 0 aromatic carbocycles. The van der Waals surface area contributed by atoms with E-state index in [0.717, 1.165) is 0 Å². The highest BCUT2D eigenvalue weighted by atomic mass is 16.4. The second-order valence-corrected chi connectivity index (χ2v) is 5.11. The molecule has 0 aliphatic heterocycles. The molecule has 0 unspecified atom stereocenters. The van der Waals surface area contributed by atoms with E-state index in [0.29, 0.717) is 19.4 Å². The lowest BCUT2D eigenvalue weighted by molar-refractivity contribution is -0.137. The molecule has 8 nitrogen and oxygen atoms in total. The van der Waals surface area contributed by atoms with Gasteiger partial charge in [-0.25, -0.2) is 0 Å². The minimum absolute atomic E-state index is 0.0203. The van der Waals surface area contributed by atoms with Gasteiger partial charge in [0.1, 0.15) is 0 Å². The van der Waals surface area contributed by atoms with Gasteiger partial charge < -0.3 is 16.2 Å². The zero-order valence-electron chi connectivity index (χ0n) is 11.1. The quantitative estimate of drug-likeness (QED) is 0.566. The molecule has 0 bridgehead atoms. The Morgan fingerprint density at radius 2 is 2.11 bits per heavy atom. The highest BCUT2D eigenvalue weighted by molar-refractivity contribution is 5.90. The maximum Gasteiger partial charge on any atom is 0.303 e. The number of nitrogens with two attached hydrogens (primary N) is 1. The Balaban J connectivity index is 2.33. The van der Waals surface area contributed by atoms with Crippen molar-refractivity contribution in [3.8, 4) is 0 Å². The first-order valence-electron chi connectivity index (χ1n) is 5.98. The number of H-pyrrole nitrogens is 1. The first-order chi connectivity index (χ1) is 8.80. The van der Waals surface area contributed by atoms with Crippen molar-refractivity contribution in [3.63, 3.8) is 0 Å². The molecule has 1 aromatic rings. The van der Waals surface area contributed by atoms with Crippen LogP contribution in [0.4, 0.5) is 5.95 Å². The van der Waals surface area contributed by atoms with E-state index in [9.17, 15) is 9.59 Å². The molecule has 1 rings (SSSR count). The van der Waals surface area contributed by atoms with Crippen molar-refractivity contribution in [2.75, 3.05) is 12.3 Å². The number of nitrogen functional groups attached to an aromatic ring is 1. The molecule has 1 heterocycles. The van der Waals surface area contributed by atoms with E-state index in [-0.39, 0.29) is 29.5 Å². The molecular weight excluding hydrogens is 250 g/mol. The van der Waals surface area contributed by atoms with E-state index in [4.69, 9.17) is 10.8 Å². The zero-order valence-corrected chi connectivity index (χ0v) is 11.1.